The maximum atomic E-state index is 11.7. The molecule has 2 atom stereocenters. The molecule has 0 aliphatic heterocycles. The maximum absolute atomic E-state index is 11.7. The number of amides is 1. The number of carbonyl (C=O) groups is 2. The van der Waals surface area contributed by atoms with Crippen molar-refractivity contribution in [2.24, 2.45) is 0 Å². The number of thiophene rings is 1. The topological polar surface area (TPSA) is 84.9 Å². The molecule has 0 fully saturated rings. The average molecular weight is 301 g/mol. The molecule has 1 heterocycles. The molecule has 0 aromatic carbocycles. The number of aliphatic hydroxyl groups excluding tert-OH is 1. The Labute approximate surface area is 121 Å². The zero-order valence-electron chi connectivity index (χ0n) is 11.9. The second kappa shape index (κ2) is 6.71. The van der Waals surface area contributed by atoms with Crippen LogP contribution in [-0.4, -0.2) is 35.9 Å². The lowest BCUT2D eigenvalue weighted by molar-refractivity contribution is -0.146. The van der Waals surface area contributed by atoms with Gasteiger partial charge in [0.25, 0.3) is 0 Å². The summed E-state index contributed by atoms with van der Waals surface area (Å²) in [5, 5.41) is 15.9. The van der Waals surface area contributed by atoms with Gasteiger partial charge in [0.2, 0.25) is 0 Å². The molecule has 0 aliphatic carbocycles. The Bertz CT molecular complexity index is 452. The van der Waals surface area contributed by atoms with Crippen LogP contribution < -0.4 is 5.32 Å². The summed E-state index contributed by atoms with van der Waals surface area (Å²) >= 11 is 1.38. The van der Waals surface area contributed by atoms with Crippen LogP contribution in [0.15, 0.2) is 16.8 Å². The molecular weight excluding hydrogens is 282 g/mol. The van der Waals surface area contributed by atoms with Gasteiger partial charge in [-0.2, -0.15) is 11.3 Å². The Kier molecular flexibility index (Phi) is 5.52. The smallest absolute Gasteiger partial charge is 0.408 e. The third-order valence-electron chi connectivity index (χ3n) is 2.33. The van der Waals surface area contributed by atoms with Crippen LogP contribution in [0.3, 0.4) is 0 Å². The first kappa shape index (κ1) is 16.5. The first-order valence-corrected chi connectivity index (χ1v) is 6.96. The first-order valence-electron chi connectivity index (χ1n) is 6.02. The lowest BCUT2D eigenvalue weighted by atomic mass is 10.1. The summed E-state index contributed by atoms with van der Waals surface area (Å²) in [6.45, 7) is 5.11. The van der Waals surface area contributed by atoms with Crippen LogP contribution in [0.2, 0.25) is 0 Å². The summed E-state index contributed by atoms with van der Waals surface area (Å²) in [5.74, 6) is -0.741. The molecule has 0 saturated heterocycles. The van der Waals surface area contributed by atoms with Crippen molar-refractivity contribution in [2.45, 2.75) is 38.5 Å². The van der Waals surface area contributed by atoms with E-state index < -0.39 is 29.8 Å². The minimum Gasteiger partial charge on any atom is -0.467 e. The van der Waals surface area contributed by atoms with Crippen molar-refractivity contribution < 1.29 is 24.2 Å². The number of aliphatic hydroxyl groups is 1. The summed E-state index contributed by atoms with van der Waals surface area (Å²) < 4.78 is 9.66. The summed E-state index contributed by atoms with van der Waals surface area (Å²) in [4.78, 5) is 23.4. The monoisotopic (exact) mass is 301 g/mol. The molecule has 0 aliphatic rings. The Morgan fingerprint density at radius 2 is 2.05 bits per heavy atom. The fraction of sp³-hybridized carbons (Fsp3) is 0.538. The van der Waals surface area contributed by atoms with E-state index in [1.807, 2.05) is 0 Å². The third kappa shape index (κ3) is 4.82. The highest BCUT2D eigenvalue weighted by molar-refractivity contribution is 7.07. The fourth-order valence-electron chi connectivity index (χ4n) is 1.46. The Hall–Kier alpha value is -1.60. The van der Waals surface area contributed by atoms with Crippen molar-refractivity contribution in [1.82, 2.24) is 5.32 Å². The minimum absolute atomic E-state index is 0.529. The number of rotatable bonds is 4. The van der Waals surface area contributed by atoms with Crippen LogP contribution in [0.5, 0.6) is 0 Å². The molecule has 0 spiro atoms. The van der Waals surface area contributed by atoms with Crippen LogP contribution in [0, 0.1) is 0 Å². The van der Waals surface area contributed by atoms with Crippen LogP contribution in [0.4, 0.5) is 4.79 Å². The van der Waals surface area contributed by atoms with Gasteiger partial charge in [-0.1, -0.05) is 0 Å². The fourth-order valence-corrected chi connectivity index (χ4v) is 2.15. The Morgan fingerprint density at radius 3 is 2.50 bits per heavy atom. The molecule has 1 unspecified atom stereocenters. The number of methoxy groups -OCH3 is 1. The second-order valence-corrected chi connectivity index (χ2v) is 5.93. The van der Waals surface area contributed by atoms with Gasteiger partial charge >= 0.3 is 12.1 Å². The summed E-state index contributed by atoms with van der Waals surface area (Å²) in [6.07, 6.45) is -1.98. The predicted octanol–water partition coefficient (Wildman–Crippen LogP) is 1.85. The standard InChI is InChI=1S/C13H19NO5S/c1-13(2,3)19-12(17)14-9(11(16)18-4)10(15)8-5-6-20-7-8/h5-7,9-10,15H,1-4H3,(H,14,17)/t9-,10?/m0/s1. The van der Waals surface area contributed by atoms with Crippen molar-refractivity contribution in [1.29, 1.82) is 0 Å². The third-order valence-corrected chi connectivity index (χ3v) is 3.03. The van der Waals surface area contributed by atoms with E-state index in [1.165, 1.54) is 18.4 Å². The molecule has 1 amide bonds. The molecule has 0 bridgehead atoms. The normalized spacial score (nSPS) is 14.2. The molecule has 0 radical (unpaired) electrons. The SMILES string of the molecule is COC(=O)[C@@H](NC(=O)OC(C)(C)C)C(O)c1ccsc1. The highest BCUT2D eigenvalue weighted by Crippen LogP contribution is 2.21. The lowest BCUT2D eigenvalue weighted by Gasteiger charge is -2.24. The summed E-state index contributed by atoms with van der Waals surface area (Å²) in [7, 11) is 1.19. The largest absolute Gasteiger partial charge is 0.467 e. The lowest BCUT2D eigenvalue weighted by Crippen LogP contribution is -2.47. The number of carbonyl (C=O) groups excluding carboxylic acids is 2. The van der Waals surface area contributed by atoms with Crippen LogP contribution in [0.1, 0.15) is 32.4 Å². The molecule has 1 rings (SSSR count). The number of nitrogens with one attached hydrogen (secondary N) is 1. The van der Waals surface area contributed by atoms with E-state index in [0.29, 0.717) is 5.56 Å². The number of hydrogen-bond acceptors (Lipinski definition) is 6. The van der Waals surface area contributed by atoms with E-state index in [2.05, 4.69) is 10.1 Å². The van der Waals surface area contributed by atoms with Gasteiger partial charge in [0.05, 0.1) is 7.11 Å². The minimum atomic E-state index is -1.22. The van der Waals surface area contributed by atoms with E-state index in [4.69, 9.17) is 4.74 Å². The van der Waals surface area contributed by atoms with Gasteiger partial charge < -0.3 is 19.9 Å². The van der Waals surface area contributed by atoms with Crippen molar-refractivity contribution in [3.05, 3.63) is 22.4 Å². The van der Waals surface area contributed by atoms with Gasteiger partial charge in [-0.05, 0) is 43.2 Å². The highest BCUT2D eigenvalue weighted by Gasteiger charge is 2.32. The maximum Gasteiger partial charge on any atom is 0.408 e. The molecule has 1 aromatic rings. The van der Waals surface area contributed by atoms with E-state index in [1.54, 1.807) is 37.6 Å². The van der Waals surface area contributed by atoms with E-state index >= 15 is 0 Å². The van der Waals surface area contributed by atoms with Gasteiger partial charge in [-0.3, -0.25) is 0 Å². The predicted molar refractivity (Wildman–Crippen MR) is 74.5 cm³/mol. The number of esters is 1. The first-order chi connectivity index (χ1) is 9.24. The molecular formula is C13H19NO5S. The molecule has 6 nitrogen and oxygen atoms in total. The number of ether oxygens (including phenoxy) is 2. The van der Waals surface area contributed by atoms with Gasteiger partial charge in [0.1, 0.15) is 11.7 Å². The molecule has 1 aromatic heterocycles. The van der Waals surface area contributed by atoms with Crippen molar-refractivity contribution in [3.63, 3.8) is 0 Å². The second-order valence-electron chi connectivity index (χ2n) is 5.15. The highest BCUT2D eigenvalue weighted by atomic mass is 32.1. The molecule has 20 heavy (non-hydrogen) atoms. The van der Waals surface area contributed by atoms with Crippen molar-refractivity contribution in [2.75, 3.05) is 7.11 Å². The van der Waals surface area contributed by atoms with E-state index in [9.17, 15) is 14.7 Å². The van der Waals surface area contributed by atoms with Crippen LogP contribution in [-0.2, 0) is 14.3 Å². The summed E-state index contributed by atoms with van der Waals surface area (Å²) in [6, 6.07) is 0.451. The van der Waals surface area contributed by atoms with Crippen LogP contribution >= 0.6 is 11.3 Å². The zero-order chi connectivity index (χ0) is 15.3. The molecule has 2 N–H and O–H groups in total. The number of alkyl carbamates (subject to hydrolysis) is 1. The Morgan fingerprint density at radius 1 is 1.40 bits per heavy atom. The van der Waals surface area contributed by atoms with Gasteiger partial charge in [-0.25, -0.2) is 9.59 Å². The molecule has 7 heteroatoms. The quantitative estimate of drug-likeness (QED) is 0.829. The van der Waals surface area contributed by atoms with Crippen molar-refractivity contribution >= 4 is 23.4 Å². The molecule has 0 saturated carbocycles. The van der Waals surface area contributed by atoms with E-state index in [-0.39, 0.29) is 0 Å². The Balaban J connectivity index is 2.80. The average Bonchev–Trinajstić information content (AvgIpc) is 2.85. The van der Waals surface area contributed by atoms with E-state index in [0.717, 1.165) is 0 Å². The molecule has 112 valence electrons. The number of hydrogen-bond donors (Lipinski definition) is 2. The van der Waals surface area contributed by atoms with Crippen LogP contribution in [0.25, 0.3) is 0 Å². The van der Waals surface area contributed by atoms with Gasteiger partial charge in [0, 0.05) is 0 Å². The van der Waals surface area contributed by atoms with Crippen molar-refractivity contribution in [3.8, 4) is 0 Å². The van der Waals surface area contributed by atoms with Gasteiger partial charge in [0.15, 0.2) is 6.04 Å². The zero-order valence-corrected chi connectivity index (χ0v) is 12.7. The van der Waals surface area contributed by atoms with Gasteiger partial charge in [-0.15, -0.1) is 0 Å². The summed E-state index contributed by atoms with van der Waals surface area (Å²) in [5.41, 5.74) is -0.167.